The first-order valence-electron chi connectivity index (χ1n) is 8.99. The van der Waals surface area contributed by atoms with E-state index in [0.29, 0.717) is 6.54 Å². The minimum atomic E-state index is -0.766. The number of aromatic amines is 1. The number of H-pyrrole nitrogens is 1. The Morgan fingerprint density at radius 2 is 2.12 bits per heavy atom. The van der Waals surface area contributed by atoms with E-state index in [1.165, 1.54) is 0 Å². The standard InChI is InChI=1S/C18H20N6O/c19-10-18(4-1-2-5-18)17(25)24-9-12-7-13(24)8-23(12)16-14-3-6-20-15(14)21-11-22-16/h3,6,11-13H,1-2,4-5,7-9H2,(H,20,21,22). The highest BCUT2D eigenvalue weighted by atomic mass is 16.2. The van der Waals surface area contributed by atoms with Crippen LogP contribution in [0.25, 0.3) is 11.0 Å². The molecule has 3 aliphatic rings. The number of carbonyl (C=O) groups is 1. The van der Waals surface area contributed by atoms with Gasteiger partial charge in [0.2, 0.25) is 5.91 Å². The number of nitrogens with one attached hydrogen (secondary N) is 1. The second kappa shape index (κ2) is 5.19. The third-order valence-corrected chi connectivity index (χ3v) is 6.19. The van der Waals surface area contributed by atoms with E-state index in [-0.39, 0.29) is 18.0 Å². The minimum absolute atomic E-state index is 0.0640. The fourth-order valence-corrected chi connectivity index (χ4v) is 4.89. The second-order valence-corrected chi connectivity index (χ2v) is 7.49. The maximum Gasteiger partial charge on any atom is 0.243 e. The lowest BCUT2D eigenvalue weighted by molar-refractivity contribution is -0.140. The van der Waals surface area contributed by atoms with Crippen molar-refractivity contribution in [3.05, 3.63) is 18.6 Å². The van der Waals surface area contributed by atoms with Crippen molar-refractivity contribution in [2.24, 2.45) is 5.41 Å². The van der Waals surface area contributed by atoms with Crippen molar-refractivity contribution in [2.45, 2.75) is 44.2 Å². The van der Waals surface area contributed by atoms with Gasteiger partial charge in [0.15, 0.2) is 0 Å². The van der Waals surface area contributed by atoms with Gasteiger partial charge in [-0.1, -0.05) is 12.8 Å². The molecule has 0 spiro atoms. The molecule has 128 valence electrons. The van der Waals surface area contributed by atoms with E-state index in [2.05, 4.69) is 25.9 Å². The van der Waals surface area contributed by atoms with Gasteiger partial charge in [-0.15, -0.1) is 0 Å². The Bertz CT molecular complexity index is 877. The zero-order chi connectivity index (χ0) is 17.0. The smallest absolute Gasteiger partial charge is 0.243 e. The van der Waals surface area contributed by atoms with Crippen LogP contribution in [0.5, 0.6) is 0 Å². The minimum Gasteiger partial charge on any atom is -0.349 e. The Balaban J connectivity index is 1.40. The zero-order valence-corrected chi connectivity index (χ0v) is 14.0. The largest absolute Gasteiger partial charge is 0.349 e. The molecule has 1 aliphatic carbocycles. The second-order valence-electron chi connectivity index (χ2n) is 7.49. The number of anilines is 1. The molecule has 0 aromatic carbocycles. The summed E-state index contributed by atoms with van der Waals surface area (Å²) in [6.07, 6.45) is 7.84. The van der Waals surface area contributed by atoms with E-state index in [0.717, 1.165) is 55.5 Å². The molecule has 2 unspecified atom stereocenters. The SMILES string of the molecule is N#CC1(C(=O)N2CC3CC2CN3c2ncnc3[nH]ccc23)CCCC1. The van der Waals surface area contributed by atoms with Crippen molar-refractivity contribution in [3.63, 3.8) is 0 Å². The molecule has 25 heavy (non-hydrogen) atoms. The Morgan fingerprint density at radius 3 is 2.84 bits per heavy atom. The van der Waals surface area contributed by atoms with Gasteiger partial charge in [0, 0.05) is 19.3 Å². The maximum atomic E-state index is 13.1. The molecule has 7 heteroatoms. The van der Waals surface area contributed by atoms with Crippen LogP contribution in [0.2, 0.25) is 0 Å². The monoisotopic (exact) mass is 336 g/mol. The van der Waals surface area contributed by atoms with Crippen LogP contribution in [0.3, 0.4) is 0 Å². The topological polar surface area (TPSA) is 88.9 Å². The summed E-state index contributed by atoms with van der Waals surface area (Å²) in [5.41, 5.74) is 0.0769. The highest BCUT2D eigenvalue weighted by Gasteiger charge is 2.52. The molecule has 1 N–H and O–H groups in total. The molecule has 2 aromatic heterocycles. The molecule has 2 aliphatic heterocycles. The van der Waals surface area contributed by atoms with Crippen molar-refractivity contribution in [2.75, 3.05) is 18.0 Å². The molecule has 5 rings (SSSR count). The van der Waals surface area contributed by atoms with Crippen molar-refractivity contribution in [1.29, 1.82) is 5.26 Å². The first-order chi connectivity index (χ1) is 12.2. The number of carbonyl (C=O) groups excluding carboxylic acids is 1. The number of nitrogens with zero attached hydrogens (tertiary/aromatic N) is 5. The summed E-state index contributed by atoms with van der Waals surface area (Å²) in [6, 6.07) is 4.81. The summed E-state index contributed by atoms with van der Waals surface area (Å²) in [4.78, 5) is 29.2. The molecule has 3 fully saturated rings. The van der Waals surface area contributed by atoms with Crippen molar-refractivity contribution < 1.29 is 4.79 Å². The van der Waals surface area contributed by atoms with Crippen molar-refractivity contribution in [3.8, 4) is 6.07 Å². The van der Waals surface area contributed by atoms with Gasteiger partial charge in [0.05, 0.1) is 23.5 Å². The first kappa shape index (κ1) is 14.7. The summed E-state index contributed by atoms with van der Waals surface area (Å²) in [6.45, 7) is 1.48. The zero-order valence-electron chi connectivity index (χ0n) is 14.0. The number of nitriles is 1. The molecule has 7 nitrogen and oxygen atoms in total. The number of likely N-dealkylation sites (tertiary alicyclic amines) is 1. The molecule has 2 saturated heterocycles. The van der Waals surface area contributed by atoms with Gasteiger partial charge in [-0.2, -0.15) is 5.26 Å². The average molecular weight is 336 g/mol. The van der Waals surface area contributed by atoms with Crippen LogP contribution in [0.1, 0.15) is 32.1 Å². The highest BCUT2D eigenvalue weighted by molar-refractivity contribution is 5.89. The van der Waals surface area contributed by atoms with Gasteiger partial charge in [-0.25, -0.2) is 9.97 Å². The maximum absolute atomic E-state index is 13.1. The Hall–Kier alpha value is -2.62. The number of aromatic nitrogens is 3. The van der Waals surface area contributed by atoms with Gasteiger partial charge in [-0.05, 0) is 25.3 Å². The lowest BCUT2D eigenvalue weighted by Gasteiger charge is -2.37. The number of hydrogen-bond donors (Lipinski definition) is 1. The first-order valence-corrected chi connectivity index (χ1v) is 8.99. The third kappa shape index (κ3) is 2.00. The molecule has 4 heterocycles. The molecular formula is C18H20N6O. The quantitative estimate of drug-likeness (QED) is 0.904. The van der Waals surface area contributed by atoms with E-state index in [4.69, 9.17) is 0 Å². The van der Waals surface area contributed by atoms with Crippen molar-refractivity contribution >= 4 is 22.8 Å². The summed E-state index contributed by atoms with van der Waals surface area (Å²) < 4.78 is 0. The van der Waals surface area contributed by atoms with Crippen LogP contribution in [0, 0.1) is 16.7 Å². The molecule has 1 amide bonds. The molecule has 2 atom stereocenters. The van der Waals surface area contributed by atoms with Crippen LogP contribution in [-0.4, -0.2) is 50.9 Å². The molecule has 2 aromatic rings. The number of hydrogen-bond acceptors (Lipinski definition) is 5. The Kier molecular flexibility index (Phi) is 3.05. The average Bonchev–Trinajstić information content (AvgIpc) is 3.43. The van der Waals surface area contributed by atoms with Gasteiger partial charge < -0.3 is 14.8 Å². The summed E-state index contributed by atoms with van der Waals surface area (Å²) >= 11 is 0. The van der Waals surface area contributed by atoms with Crippen LogP contribution < -0.4 is 4.90 Å². The number of piperazine rings is 1. The predicted octanol–water partition coefficient (Wildman–Crippen LogP) is 1.83. The van der Waals surface area contributed by atoms with E-state index < -0.39 is 5.41 Å². The van der Waals surface area contributed by atoms with Crippen LogP contribution in [0.4, 0.5) is 5.82 Å². The van der Waals surface area contributed by atoms with Crippen LogP contribution in [-0.2, 0) is 4.79 Å². The van der Waals surface area contributed by atoms with Gasteiger partial charge in [-0.3, -0.25) is 4.79 Å². The Labute approximate surface area is 145 Å². The number of rotatable bonds is 2. The lowest BCUT2D eigenvalue weighted by Crippen LogP contribution is -2.52. The van der Waals surface area contributed by atoms with Crippen LogP contribution >= 0.6 is 0 Å². The summed E-state index contributed by atoms with van der Waals surface area (Å²) in [7, 11) is 0. The molecular weight excluding hydrogens is 316 g/mol. The van der Waals surface area contributed by atoms with Gasteiger partial charge in [0.25, 0.3) is 0 Å². The van der Waals surface area contributed by atoms with Crippen LogP contribution in [0.15, 0.2) is 18.6 Å². The molecule has 1 saturated carbocycles. The van der Waals surface area contributed by atoms with Gasteiger partial charge in [0.1, 0.15) is 23.2 Å². The highest BCUT2D eigenvalue weighted by Crippen LogP contribution is 2.43. The number of amides is 1. The normalized spacial score (nSPS) is 27.2. The van der Waals surface area contributed by atoms with E-state index in [1.807, 2.05) is 17.2 Å². The van der Waals surface area contributed by atoms with E-state index in [1.54, 1.807) is 6.33 Å². The Morgan fingerprint density at radius 1 is 1.28 bits per heavy atom. The lowest BCUT2D eigenvalue weighted by atomic mass is 9.86. The third-order valence-electron chi connectivity index (χ3n) is 6.19. The molecule has 0 radical (unpaired) electrons. The van der Waals surface area contributed by atoms with Gasteiger partial charge >= 0.3 is 0 Å². The summed E-state index contributed by atoms with van der Waals surface area (Å²) in [5, 5.41) is 10.6. The predicted molar refractivity (Wildman–Crippen MR) is 91.7 cm³/mol. The number of fused-ring (bicyclic) bond motifs is 3. The van der Waals surface area contributed by atoms with E-state index in [9.17, 15) is 10.1 Å². The molecule has 2 bridgehead atoms. The van der Waals surface area contributed by atoms with Crippen molar-refractivity contribution in [1.82, 2.24) is 19.9 Å². The van der Waals surface area contributed by atoms with E-state index >= 15 is 0 Å². The fraction of sp³-hybridized carbons (Fsp3) is 0.556. The summed E-state index contributed by atoms with van der Waals surface area (Å²) in [5.74, 6) is 1.01. The fourth-order valence-electron chi connectivity index (χ4n) is 4.89.